The lowest BCUT2D eigenvalue weighted by atomic mass is 10.2. The molecule has 0 saturated carbocycles. The highest BCUT2D eigenvalue weighted by molar-refractivity contribution is 5.78. The zero-order valence-electron chi connectivity index (χ0n) is 11.6. The topological polar surface area (TPSA) is 76.9 Å². The van der Waals surface area contributed by atoms with Gasteiger partial charge >= 0.3 is 0 Å². The van der Waals surface area contributed by atoms with Crippen LogP contribution in [-0.4, -0.2) is 16.7 Å². The Morgan fingerprint density at radius 1 is 1.29 bits per heavy atom. The van der Waals surface area contributed by atoms with Crippen LogP contribution in [0.2, 0.25) is 0 Å². The highest BCUT2D eigenvalue weighted by Gasteiger charge is 2.13. The SMILES string of the molecule is COc1cc(N)cc(-n2c(CC#N)nc3ccccc32)c1. The third kappa shape index (κ3) is 2.28. The molecule has 21 heavy (non-hydrogen) atoms. The van der Waals surface area contributed by atoms with Gasteiger partial charge in [-0.15, -0.1) is 0 Å². The number of nitrogens with two attached hydrogens (primary N) is 1. The van der Waals surface area contributed by atoms with Crippen LogP contribution in [0.3, 0.4) is 0 Å². The van der Waals surface area contributed by atoms with Crippen molar-refractivity contribution in [2.24, 2.45) is 0 Å². The predicted octanol–water partition coefficient (Wildman–Crippen LogP) is 2.68. The summed E-state index contributed by atoms with van der Waals surface area (Å²) in [5.74, 6) is 1.36. The normalized spacial score (nSPS) is 10.5. The summed E-state index contributed by atoms with van der Waals surface area (Å²) in [6, 6.07) is 15.4. The maximum Gasteiger partial charge on any atom is 0.128 e. The molecule has 2 N–H and O–H groups in total. The number of benzene rings is 2. The van der Waals surface area contributed by atoms with Gasteiger partial charge in [0.1, 0.15) is 11.6 Å². The van der Waals surface area contributed by atoms with Gasteiger partial charge in [0.15, 0.2) is 0 Å². The molecule has 0 aliphatic heterocycles. The maximum atomic E-state index is 9.02. The molecule has 5 nitrogen and oxygen atoms in total. The molecule has 0 aliphatic carbocycles. The molecule has 104 valence electrons. The molecular weight excluding hydrogens is 264 g/mol. The fourth-order valence-electron chi connectivity index (χ4n) is 2.41. The molecule has 0 radical (unpaired) electrons. The minimum atomic E-state index is 0.228. The molecule has 0 aliphatic rings. The highest BCUT2D eigenvalue weighted by atomic mass is 16.5. The van der Waals surface area contributed by atoms with Crippen LogP contribution < -0.4 is 10.5 Å². The summed E-state index contributed by atoms with van der Waals surface area (Å²) >= 11 is 0. The molecule has 2 aromatic carbocycles. The first-order valence-corrected chi connectivity index (χ1v) is 6.51. The van der Waals surface area contributed by atoms with E-state index in [2.05, 4.69) is 11.1 Å². The van der Waals surface area contributed by atoms with Crippen LogP contribution in [0.4, 0.5) is 5.69 Å². The second-order valence-electron chi connectivity index (χ2n) is 4.65. The van der Waals surface area contributed by atoms with Crippen molar-refractivity contribution in [3.05, 3.63) is 48.3 Å². The van der Waals surface area contributed by atoms with Crippen LogP contribution >= 0.6 is 0 Å². The van der Waals surface area contributed by atoms with E-state index in [1.54, 1.807) is 13.2 Å². The van der Waals surface area contributed by atoms with E-state index in [0.29, 0.717) is 17.3 Å². The van der Waals surface area contributed by atoms with Crippen LogP contribution in [0, 0.1) is 11.3 Å². The zero-order chi connectivity index (χ0) is 14.8. The van der Waals surface area contributed by atoms with Crippen molar-refractivity contribution < 1.29 is 4.74 Å². The zero-order valence-corrected chi connectivity index (χ0v) is 11.6. The summed E-state index contributed by atoms with van der Waals surface area (Å²) in [5, 5.41) is 9.02. The number of methoxy groups -OCH3 is 1. The van der Waals surface area contributed by atoms with Gasteiger partial charge < -0.3 is 10.5 Å². The van der Waals surface area contributed by atoms with Crippen LogP contribution in [0.25, 0.3) is 16.7 Å². The molecular formula is C16H14N4O. The first-order chi connectivity index (χ1) is 10.2. The lowest BCUT2D eigenvalue weighted by molar-refractivity contribution is 0.415. The van der Waals surface area contributed by atoms with Gasteiger partial charge in [-0.2, -0.15) is 5.26 Å². The molecule has 0 fully saturated rings. The summed E-state index contributed by atoms with van der Waals surface area (Å²) in [4.78, 5) is 4.52. The molecule has 1 heterocycles. The second kappa shape index (κ2) is 5.17. The smallest absolute Gasteiger partial charge is 0.128 e. The van der Waals surface area contributed by atoms with E-state index in [1.807, 2.05) is 41.0 Å². The molecule has 3 aromatic rings. The van der Waals surface area contributed by atoms with Gasteiger partial charge in [0.25, 0.3) is 0 Å². The van der Waals surface area contributed by atoms with Gasteiger partial charge in [0.2, 0.25) is 0 Å². The first kappa shape index (κ1) is 13.0. The lowest BCUT2D eigenvalue weighted by Gasteiger charge is -2.10. The van der Waals surface area contributed by atoms with Gasteiger partial charge in [0, 0.05) is 17.8 Å². The number of nitrogen functional groups attached to an aromatic ring is 1. The standard InChI is InChI=1S/C16H14N4O/c1-21-13-9-11(18)8-12(10-13)20-15-5-3-2-4-14(15)19-16(20)6-7-17/h2-5,8-10H,6,18H2,1H3. The van der Waals surface area contributed by atoms with E-state index in [4.69, 9.17) is 15.7 Å². The quantitative estimate of drug-likeness (QED) is 0.747. The highest BCUT2D eigenvalue weighted by Crippen LogP contribution is 2.26. The van der Waals surface area contributed by atoms with Crippen molar-refractivity contribution in [2.75, 3.05) is 12.8 Å². The number of hydrogen-bond donors (Lipinski definition) is 1. The van der Waals surface area contributed by atoms with Crippen LogP contribution in [0.15, 0.2) is 42.5 Å². The number of rotatable bonds is 3. The number of imidazole rings is 1. The average Bonchev–Trinajstić information content (AvgIpc) is 2.85. The first-order valence-electron chi connectivity index (χ1n) is 6.51. The van der Waals surface area contributed by atoms with Crippen LogP contribution in [-0.2, 0) is 6.42 Å². The Morgan fingerprint density at radius 2 is 2.10 bits per heavy atom. The van der Waals surface area contributed by atoms with Gasteiger partial charge in [0.05, 0.1) is 36.3 Å². The van der Waals surface area contributed by atoms with Crippen molar-refractivity contribution in [1.82, 2.24) is 9.55 Å². The van der Waals surface area contributed by atoms with Crippen molar-refractivity contribution >= 4 is 16.7 Å². The Hall–Kier alpha value is -3.00. The molecule has 1 aromatic heterocycles. The van der Waals surface area contributed by atoms with E-state index in [1.165, 1.54) is 0 Å². The van der Waals surface area contributed by atoms with E-state index < -0.39 is 0 Å². The fraction of sp³-hybridized carbons (Fsp3) is 0.125. The summed E-state index contributed by atoms with van der Waals surface area (Å²) < 4.78 is 7.21. The Balaban J connectivity index is 2.30. The monoisotopic (exact) mass is 278 g/mol. The van der Waals surface area contributed by atoms with Gasteiger partial charge in [-0.25, -0.2) is 4.98 Å². The van der Waals surface area contributed by atoms with E-state index in [-0.39, 0.29) is 6.42 Å². The summed E-state index contributed by atoms with van der Waals surface area (Å²) in [7, 11) is 1.60. The average molecular weight is 278 g/mol. The second-order valence-corrected chi connectivity index (χ2v) is 4.65. The minimum absolute atomic E-state index is 0.228. The Morgan fingerprint density at radius 3 is 2.86 bits per heavy atom. The van der Waals surface area contributed by atoms with Crippen molar-refractivity contribution in [1.29, 1.82) is 5.26 Å². The van der Waals surface area contributed by atoms with Crippen molar-refractivity contribution in [3.8, 4) is 17.5 Å². The predicted molar refractivity (Wildman–Crippen MR) is 81.4 cm³/mol. The Bertz CT molecular complexity index is 845. The third-order valence-corrected chi connectivity index (χ3v) is 3.27. The van der Waals surface area contributed by atoms with Gasteiger partial charge in [-0.1, -0.05) is 12.1 Å². The lowest BCUT2D eigenvalue weighted by Crippen LogP contribution is -2.02. The summed E-state index contributed by atoms with van der Waals surface area (Å²) in [6.07, 6.45) is 0.228. The molecule has 0 unspecified atom stereocenters. The van der Waals surface area contributed by atoms with E-state index in [9.17, 15) is 0 Å². The van der Waals surface area contributed by atoms with Crippen molar-refractivity contribution in [3.63, 3.8) is 0 Å². The minimum Gasteiger partial charge on any atom is -0.497 e. The van der Waals surface area contributed by atoms with E-state index >= 15 is 0 Å². The number of hydrogen-bond acceptors (Lipinski definition) is 4. The van der Waals surface area contributed by atoms with Crippen molar-refractivity contribution in [2.45, 2.75) is 6.42 Å². The number of anilines is 1. The summed E-state index contributed by atoms with van der Waals surface area (Å²) in [6.45, 7) is 0. The number of ether oxygens (including phenoxy) is 1. The summed E-state index contributed by atoms with van der Waals surface area (Å²) in [5.41, 5.74) is 9.16. The molecule has 0 amide bonds. The molecule has 5 heteroatoms. The van der Waals surface area contributed by atoms with E-state index in [0.717, 1.165) is 16.7 Å². The number of nitriles is 1. The Labute approximate surface area is 122 Å². The van der Waals surface area contributed by atoms with Gasteiger partial charge in [-0.05, 0) is 18.2 Å². The fourth-order valence-corrected chi connectivity index (χ4v) is 2.41. The third-order valence-electron chi connectivity index (χ3n) is 3.27. The number of fused-ring (bicyclic) bond motifs is 1. The Kier molecular flexibility index (Phi) is 3.20. The largest absolute Gasteiger partial charge is 0.497 e. The molecule has 0 spiro atoms. The molecule has 3 rings (SSSR count). The molecule has 0 saturated heterocycles. The molecule has 0 bridgehead atoms. The van der Waals surface area contributed by atoms with Crippen LogP contribution in [0.5, 0.6) is 5.75 Å². The molecule has 0 atom stereocenters. The van der Waals surface area contributed by atoms with Crippen LogP contribution in [0.1, 0.15) is 5.82 Å². The number of para-hydroxylation sites is 2. The maximum absolute atomic E-state index is 9.02. The van der Waals surface area contributed by atoms with Gasteiger partial charge in [-0.3, -0.25) is 4.57 Å². The number of aromatic nitrogens is 2. The number of nitrogens with zero attached hydrogens (tertiary/aromatic N) is 3.